The molecule has 0 fully saturated rings. The molecule has 33 heavy (non-hydrogen) atoms. The van der Waals surface area contributed by atoms with Gasteiger partial charge in [0.2, 0.25) is 0 Å². The summed E-state index contributed by atoms with van der Waals surface area (Å²) in [7, 11) is -7.49. The lowest BCUT2D eigenvalue weighted by Gasteiger charge is -2.20. The number of hydrogen-bond donors (Lipinski definition) is 0. The molecule has 1 aliphatic heterocycles. The van der Waals surface area contributed by atoms with E-state index in [0.29, 0.717) is 36.0 Å². The topological polar surface area (TPSA) is 112 Å². The van der Waals surface area contributed by atoms with Crippen molar-refractivity contribution in [3.63, 3.8) is 0 Å². The minimum Gasteiger partial charge on any atom is -0.288 e. The summed E-state index contributed by atoms with van der Waals surface area (Å²) in [4.78, 5) is 14.1. The number of nitrogens with zero attached hydrogens (tertiary/aromatic N) is 2. The van der Waals surface area contributed by atoms with Crippen LogP contribution in [0.2, 0.25) is 0 Å². The van der Waals surface area contributed by atoms with Gasteiger partial charge in [-0.2, -0.15) is 8.42 Å². The van der Waals surface area contributed by atoms with E-state index in [-0.39, 0.29) is 21.1 Å². The monoisotopic (exact) mass is 488 g/mol. The lowest BCUT2D eigenvalue weighted by molar-refractivity contribution is 0.103. The maximum absolute atomic E-state index is 13.1. The Morgan fingerprint density at radius 2 is 1.94 bits per heavy atom. The molecule has 10 heteroatoms. The highest BCUT2D eigenvalue weighted by Gasteiger charge is 2.27. The number of benzene rings is 2. The summed E-state index contributed by atoms with van der Waals surface area (Å²) in [5.74, 6) is -0.291. The molecule has 0 radical (unpaired) electrons. The highest BCUT2D eigenvalue weighted by molar-refractivity contribution is 7.91. The van der Waals surface area contributed by atoms with Gasteiger partial charge < -0.3 is 0 Å². The van der Waals surface area contributed by atoms with Crippen molar-refractivity contribution in [2.24, 2.45) is 0 Å². The third-order valence-corrected chi connectivity index (χ3v) is 9.02. The maximum atomic E-state index is 13.1. The number of aromatic nitrogens is 2. The fourth-order valence-electron chi connectivity index (χ4n) is 4.08. The van der Waals surface area contributed by atoms with E-state index in [1.807, 2.05) is 13.8 Å². The van der Waals surface area contributed by atoms with Crippen molar-refractivity contribution < 1.29 is 25.9 Å². The molecule has 8 nitrogen and oxygen atoms in total. The summed E-state index contributed by atoms with van der Waals surface area (Å²) in [5.41, 5.74) is 3.61. The minimum absolute atomic E-state index is 0.0000626. The van der Waals surface area contributed by atoms with Gasteiger partial charge in [-0.15, -0.1) is 5.10 Å². The van der Waals surface area contributed by atoms with Crippen molar-refractivity contribution in [3.8, 4) is 0 Å². The number of rotatable bonds is 6. The lowest BCUT2D eigenvalue weighted by atomic mass is 9.94. The van der Waals surface area contributed by atoms with Gasteiger partial charge in [0.15, 0.2) is 15.6 Å². The highest BCUT2D eigenvalue weighted by Crippen LogP contribution is 2.30. The van der Waals surface area contributed by atoms with Crippen LogP contribution in [0.1, 0.15) is 51.5 Å². The fourth-order valence-corrected chi connectivity index (χ4v) is 6.62. The number of sulfone groups is 1. The van der Waals surface area contributed by atoms with Gasteiger partial charge in [0, 0.05) is 5.56 Å². The quantitative estimate of drug-likeness (QED) is 0.490. The molecule has 0 unspecified atom stereocenters. The van der Waals surface area contributed by atoms with E-state index in [1.54, 1.807) is 19.1 Å². The van der Waals surface area contributed by atoms with Crippen molar-refractivity contribution >= 4 is 25.7 Å². The van der Waals surface area contributed by atoms with Crippen LogP contribution in [0.5, 0.6) is 0 Å². The molecule has 0 saturated heterocycles. The standard InChI is InChI=1S/C23H24N2O6S2/c1-4-17-12-19(8-7-15(17)2)33(29,30)31-25-14-18(13-24-25)23(26)21-9-10-22-20(16(21)3)6-5-11-32(22,27)28/h7-10,12-14H,4-6,11H2,1-3H3. The Labute approximate surface area is 193 Å². The van der Waals surface area contributed by atoms with Crippen LogP contribution in [-0.4, -0.2) is 38.3 Å². The van der Waals surface area contributed by atoms with Crippen LogP contribution >= 0.6 is 0 Å². The van der Waals surface area contributed by atoms with Gasteiger partial charge in [0.25, 0.3) is 0 Å². The Hall–Kier alpha value is -2.98. The molecular weight excluding hydrogens is 464 g/mol. The number of fused-ring (bicyclic) bond motifs is 1. The van der Waals surface area contributed by atoms with E-state index >= 15 is 0 Å². The fraction of sp³-hybridized carbons (Fsp3) is 0.304. The Morgan fingerprint density at radius 3 is 2.67 bits per heavy atom. The van der Waals surface area contributed by atoms with Crippen molar-refractivity contribution in [2.75, 3.05) is 5.75 Å². The first-order chi connectivity index (χ1) is 15.5. The van der Waals surface area contributed by atoms with Crippen LogP contribution in [0, 0.1) is 13.8 Å². The molecule has 0 aliphatic carbocycles. The van der Waals surface area contributed by atoms with Gasteiger partial charge in [-0.1, -0.05) is 17.8 Å². The van der Waals surface area contributed by atoms with Crippen LogP contribution in [-0.2, 0) is 32.8 Å². The smallest absolute Gasteiger partial charge is 0.288 e. The van der Waals surface area contributed by atoms with Gasteiger partial charge in [-0.3, -0.25) is 9.08 Å². The first-order valence-electron chi connectivity index (χ1n) is 10.5. The van der Waals surface area contributed by atoms with Gasteiger partial charge in [0.1, 0.15) is 4.90 Å². The first kappa shape index (κ1) is 23.2. The van der Waals surface area contributed by atoms with Crippen molar-refractivity contribution in [1.29, 1.82) is 0 Å². The molecule has 0 spiro atoms. The van der Waals surface area contributed by atoms with Crippen LogP contribution < -0.4 is 4.28 Å². The molecule has 3 aromatic rings. The Balaban J connectivity index is 1.61. The second-order valence-electron chi connectivity index (χ2n) is 8.07. The molecule has 0 atom stereocenters. The largest absolute Gasteiger partial charge is 0.358 e. The van der Waals surface area contributed by atoms with Crippen molar-refractivity contribution in [2.45, 2.75) is 49.8 Å². The van der Waals surface area contributed by atoms with Crippen LogP contribution in [0.15, 0.2) is 52.5 Å². The zero-order valence-electron chi connectivity index (χ0n) is 18.5. The number of aryl methyl sites for hydroxylation is 2. The van der Waals surface area contributed by atoms with E-state index in [2.05, 4.69) is 5.10 Å². The van der Waals surface area contributed by atoms with Crippen molar-refractivity contribution in [1.82, 2.24) is 9.94 Å². The first-order valence-corrected chi connectivity index (χ1v) is 13.6. The number of hydrogen-bond acceptors (Lipinski definition) is 7. The van der Waals surface area contributed by atoms with Crippen LogP contribution in [0.25, 0.3) is 0 Å². The predicted molar refractivity (Wildman–Crippen MR) is 122 cm³/mol. The zero-order chi connectivity index (χ0) is 24.0. The second-order valence-corrected chi connectivity index (χ2v) is 11.7. The molecule has 4 rings (SSSR count). The molecule has 0 saturated carbocycles. The summed E-state index contributed by atoms with van der Waals surface area (Å²) >= 11 is 0. The number of carbonyl (C=O) groups excluding carboxylic acids is 1. The molecule has 0 amide bonds. The Kier molecular flexibility index (Phi) is 5.92. The van der Waals surface area contributed by atoms with Crippen molar-refractivity contribution in [3.05, 3.63) is 76.1 Å². The van der Waals surface area contributed by atoms with E-state index in [9.17, 15) is 21.6 Å². The summed E-state index contributed by atoms with van der Waals surface area (Å²) in [5, 5.41) is 3.87. The zero-order valence-corrected chi connectivity index (χ0v) is 20.2. The van der Waals surface area contributed by atoms with Crippen LogP contribution in [0.3, 0.4) is 0 Å². The van der Waals surface area contributed by atoms with E-state index in [0.717, 1.165) is 16.0 Å². The summed E-state index contributed by atoms with van der Waals surface area (Å²) < 4.78 is 55.1. The van der Waals surface area contributed by atoms with Crippen LogP contribution in [0.4, 0.5) is 0 Å². The molecule has 174 valence electrons. The lowest BCUT2D eigenvalue weighted by Crippen LogP contribution is -2.21. The molecule has 1 aliphatic rings. The van der Waals surface area contributed by atoms with Gasteiger partial charge in [-0.25, -0.2) is 8.42 Å². The average Bonchev–Trinajstić information content (AvgIpc) is 3.21. The van der Waals surface area contributed by atoms with E-state index in [1.165, 1.54) is 30.6 Å². The second kappa shape index (κ2) is 8.42. The summed E-state index contributed by atoms with van der Waals surface area (Å²) in [6.45, 7) is 5.56. The molecule has 2 aromatic carbocycles. The number of ketones is 1. The number of carbonyl (C=O) groups is 1. The molecule has 0 bridgehead atoms. The third kappa shape index (κ3) is 4.32. The van der Waals surface area contributed by atoms with E-state index in [4.69, 9.17) is 4.28 Å². The Morgan fingerprint density at radius 1 is 1.18 bits per heavy atom. The maximum Gasteiger partial charge on any atom is 0.358 e. The van der Waals surface area contributed by atoms with Gasteiger partial charge >= 0.3 is 10.1 Å². The molecule has 0 N–H and O–H groups in total. The summed E-state index contributed by atoms with van der Waals surface area (Å²) in [6.07, 6.45) is 4.19. The molecule has 2 heterocycles. The van der Waals surface area contributed by atoms with E-state index < -0.39 is 25.7 Å². The molecule has 1 aromatic heterocycles. The van der Waals surface area contributed by atoms with Gasteiger partial charge in [0.05, 0.1) is 28.6 Å². The SMILES string of the molecule is CCc1cc(S(=O)(=O)On2cc(C(=O)c3ccc4c(c3C)CCCS4(=O)=O)cn2)ccc1C. The minimum atomic E-state index is -4.15. The third-order valence-electron chi connectivity index (χ3n) is 5.96. The predicted octanol–water partition coefficient (Wildman–Crippen LogP) is 2.83. The Bertz CT molecular complexity index is 1470. The average molecular weight is 489 g/mol. The normalized spacial score (nSPS) is 15.1. The van der Waals surface area contributed by atoms with Gasteiger partial charge in [-0.05, 0) is 79.6 Å². The summed E-state index contributed by atoms with van der Waals surface area (Å²) in [6, 6.07) is 7.70. The highest BCUT2D eigenvalue weighted by atomic mass is 32.2. The molecular formula is C23H24N2O6S2.